The second kappa shape index (κ2) is 8.12. The zero-order valence-electron chi connectivity index (χ0n) is 18.2. The second-order valence-corrected chi connectivity index (χ2v) is 9.46. The fourth-order valence-electron chi connectivity index (χ4n) is 5.30. The first-order chi connectivity index (χ1) is 14.6. The Morgan fingerprint density at radius 3 is 2.47 bits per heavy atom. The van der Waals surface area contributed by atoms with Crippen molar-refractivity contribution in [2.45, 2.75) is 44.7 Å². The van der Waals surface area contributed by atoms with E-state index < -0.39 is 0 Å². The third-order valence-electron chi connectivity index (χ3n) is 7.52. The number of rotatable bonds is 5. The normalized spacial score (nSPS) is 21.7. The van der Waals surface area contributed by atoms with Crippen LogP contribution in [-0.4, -0.2) is 69.5 Å². The smallest absolute Gasteiger partial charge is 0.115 e. The van der Waals surface area contributed by atoms with Crippen LogP contribution in [0.25, 0.3) is 11.1 Å². The Kier molecular flexibility index (Phi) is 5.34. The minimum absolute atomic E-state index is 0.481. The Hall–Kier alpha value is -2.24. The predicted molar refractivity (Wildman–Crippen MR) is 121 cm³/mol. The molecule has 0 amide bonds. The number of piperazine rings is 1. The van der Waals surface area contributed by atoms with E-state index >= 15 is 0 Å². The van der Waals surface area contributed by atoms with Crippen LogP contribution >= 0.6 is 0 Å². The van der Waals surface area contributed by atoms with Gasteiger partial charge in [-0.15, -0.1) is 0 Å². The molecule has 3 aliphatic rings. The summed E-state index contributed by atoms with van der Waals surface area (Å²) in [6.45, 7) is 14.6. The molecule has 0 spiro atoms. The van der Waals surface area contributed by atoms with Gasteiger partial charge >= 0.3 is 0 Å². The lowest BCUT2D eigenvalue weighted by atomic mass is 9.76. The Balaban J connectivity index is 1.16. The molecule has 5 heteroatoms. The van der Waals surface area contributed by atoms with E-state index in [1.165, 1.54) is 54.7 Å². The Labute approximate surface area is 180 Å². The van der Waals surface area contributed by atoms with E-state index in [4.69, 9.17) is 0 Å². The third kappa shape index (κ3) is 3.88. The van der Waals surface area contributed by atoms with Crippen molar-refractivity contribution < 1.29 is 0 Å². The highest BCUT2D eigenvalue weighted by Gasteiger charge is 2.39. The van der Waals surface area contributed by atoms with E-state index in [-0.39, 0.29) is 0 Å². The number of hydrogen-bond acceptors (Lipinski definition) is 5. The van der Waals surface area contributed by atoms with E-state index in [2.05, 4.69) is 56.4 Å². The van der Waals surface area contributed by atoms with Crippen molar-refractivity contribution >= 4 is 0 Å². The SMILES string of the molecule is C=C(CN1CCc2cc(-c3cncnc3)ccc2C1)N1CCN(C2(C)CCC2)CC1. The molecule has 1 aliphatic carbocycles. The highest BCUT2D eigenvalue weighted by molar-refractivity contribution is 5.63. The lowest BCUT2D eigenvalue weighted by Crippen LogP contribution is -2.58. The molecule has 5 rings (SSSR count). The quantitative estimate of drug-likeness (QED) is 0.763. The summed E-state index contributed by atoms with van der Waals surface area (Å²) in [6, 6.07) is 6.81. The highest BCUT2D eigenvalue weighted by Crippen LogP contribution is 2.37. The maximum Gasteiger partial charge on any atom is 0.115 e. The molecule has 1 saturated heterocycles. The summed E-state index contributed by atoms with van der Waals surface area (Å²) in [5.74, 6) is 0. The van der Waals surface area contributed by atoms with Gasteiger partial charge in [0.1, 0.15) is 6.33 Å². The van der Waals surface area contributed by atoms with Crippen LogP contribution in [0, 0.1) is 0 Å². The first kappa shape index (κ1) is 19.7. The van der Waals surface area contributed by atoms with Gasteiger partial charge in [0.15, 0.2) is 0 Å². The van der Waals surface area contributed by atoms with Crippen molar-refractivity contribution in [2.24, 2.45) is 0 Å². The summed E-state index contributed by atoms with van der Waals surface area (Å²) in [5, 5.41) is 0. The van der Waals surface area contributed by atoms with Gasteiger partial charge in [-0.05, 0) is 49.3 Å². The lowest BCUT2D eigenvalue weighted by Gasteiger charge is -2.51. The summed E-state index contributed by atoms with van der Waals surface area (Å²) >= 11 is 0. The van der Waals surface area contributed by atoms with Gasteiger partial charge < -0.3 is 4.90 Å². The van der Waals surface area contributed by atoms with Crippen molar-refractivity contribution in [3.05, 3.63) is 60.3 Å². The molecule has 0 atom stereocenters. The van der Waals surface area contributed by atoms with Crippen molar-refractivity contribution in [1.82, 2.24) is 24.7 Å². The molecule has 0 radical (unpaired) electrons. The molecule has 3 heterocycles. The fraction of sp³-hybridized carbons (Fsp3) is 0.520. The fourth-order valence-corrected chi connectivity index (χ4v) is 5.30. The van der Waals surface area contributed by atoms with E-state index in [1.54, 1.807) is 6.33 Å². The molecule has 2 aliphatic heterocycles. The molecule has 0 N–H and O–H groups in total. The number of aromatic nitrogens is 2. The molecule has 0 unspecified atom stereocenters. The zero-order chi connectivity index (χ0) is 20.6. The maximum atomic E-state index is 4.46. The first-order valence-corrected chi connectivity index (χ1v) is 11.4. The van der Waals surface area contributed by atoms with Crippen molar-refractivity contribution in [3.63, 3.8) is 0 Å². The minimum Gasteiger partial charge on any atom is -0.372 e. The molecule has 30 heavy (non-hydrogen) atoms. The summed E-state index contributed by atoms with van der Waals surface area (Å²) in [4.78, 5) is 16.1. The summed E-state index contributed by atoms with van der Waals surface area (Å²) in [6.07, 6.45) is 10.6. The minimum atomic E-state index is 0.481. The van der Waals surface area contributed by atoms with Crippen molar-refractivity contribution in [1.29, 1.82) is 0 Å². The Morgan fingerprint density at radius 2 is 1.77 bits per heavy atom. The topological polar surface area (TPSA) is 35.5 Å². The molecule has 0 bridgehead atoms. The van der Waals surface area contributed by atoms with E-state index in [9.17, 15) is 0 Å². The number of benzene rings is 1. The molecule has 2 aromatic rings. The monoisotopic (exact) mass is 403 g/mol. The molecule has 1 aromatic carbocycles. The van der Waals surface area contributed by atoms with E-state index in [0.717, 1.165) is 44.7 Å². The number of fused-ring (bicyclic) bond motifs is 1. The van der Waals surface area contributed by atoms with Crippen LogP contribution in [0.4, 0.5) is 0 Å². The standard InChI is InChI=1S/C25H33N5/c1-20(29-10-12-30(13-11-29)25(2)7-3-8-25)17-28-9-6-22-14-21(4-5-23(22)18-28)24-15-26-19-27-16-24/h4-5,14-16,19H,1,3,6-13,17-18H2,2H3. The first-order valence-electron chi connectivity index (χ1n) is 11.4. The van der Waals surface area contributed by atoms with E-state index in [0.29, 0.717) is 5.54 Å². The highest BCUT2D eigenvalue weighted by atomic mass is 15.3. The average Bonchev–Trinajstić information content (AvgIpc) is 2.78. The molecule has 5 nitrogen and oxygen atoms in total. The van der Waals surface area contributed by atoms with Crippen molar-refractivity contribution in [2.75, 3.05) is 39.3 Å². The summed E-state index contributed by atoms with van der Waals surface area (Å²) in [5.41, 5.74) is 6.97. The molecular weight excluding hydrogens is 370 g/mol. The predicted octanol–water partition coefficient (Wildman–Crippen LogP) is 3.58. The Bertz CT molecular complexity index is 897. The summed E-state index contributed by atoms with van der Waals surface area (Å²) < 4.78 is 0. The molecule has 2 fully saturated rings. The van der Waals surface area contributed by atoms with Crippen LogP contribution in [0.2, 0.25) is 0 Å². The van der Waals surface area contributed by atoms with Crippen molar-refractivity contribution in [3.8, 4) is 11.1 Å². The summed E-state index contributed by atoms with van der Waals surface area (Å²) in [7, 11) is 0. The molecule has 1 aromatic heterocycles. The van der Waals surface area contributed by atoms with Gasteiger partial charge in [-0.3, -0.25) is 9.80 Å². The van der Waals surface area contributed by atoms with Gasteiger partial charge in [0.2, 0.25) is 0 Å². The molecule has 1 saturated carbocycles. The van der Waals surface area contributed by atoms with Crippen LogP contribution in [0.1, 0.15) is 37.3 Å². The maximum absolute atomic E-state index is 4.46. The van der Waals surface area contributed by atoms with E-state index in [1.807, 2.05) is 12.4 Å². The van der Waals surface area contributed by atoms with Gasteiger partial charge in [-0.2, -0.15) is 0 Å². The van der Waals surface area contributed by atoms with Gasteiger partial charge in [0, 0.05) is 75.0 Å². The van der Waals surface area contributed by atoms with Gasteiger partial charge in [0.05, 0.1) is 0 Å². The lowest BCUT2D eigenvalue weighted by molar-refractivity contribution is -0.000189. The van der Waals surface area contributed by atoms with Crippen LogP contribution in [0.5, 0.6) is 0 Å². The van der Waals surface area contributed by atoms with Gasteiger partial charge in [0.25, 0.3) is 0 Å². The van der Waals surface area contributed by atoms with Crippen LogP contribution < -0.4 is 0 Å². The largest absolute Gasteiger partial charge is 0.372 e. The van der Waals surface area contributed by atoms with Crippen LogP contribution in [0.3, 0.4) is 0 Å². The van der Waals surface area contributed by atoms with Crippen LogP contribution in [-0.2, 0) is 13.0 Å². The van der Waals surface area contributed by atoms with Gasteiger partial charge in [-0.1, -0.05) is 24.8 Å². The molecular formula is C25H33N5. The number of hydrogen-bond donors (Lipinski definition) is 0. The third-order valence-corrected chi connectivity index (χ3v) is 7.52. The zero-order valence-corrected chi connectivity index (χ0v) is 18.2. The number of nitrogens with zero attached hydrogens (tertiary/aromatic N) is 5. The van der Waals surface area contributed by atoms with Crippen LogP contribution in [0.15, 0.2) is 49.2 Å². The van der Waals surface area contributed by atoms with Gasteiger partial charge in [-0.25, -0.2) is 9.97 Å². The second-order valence-electron chi connectivity index (χ2n) is 9.46. The molecule has 158 valence electrons. The Morgan fingerprint density at radius 1 is 1.00 bits per heavy atom. The average molecular weight is 404 g/mol.